The second kappa shape index (κ2) is 6.15. The standard InChI is InChI=1S/C21H22N6O/c1-12-6-7-15-16(9-12)24-20(23-15)18-5-4-8-26(18)21(28)17-11-14(3)27-19(22-17)10-13(2)25-27/h6-7,9-11,18H,4-5,8H2,1-3H3,(H,23,24). The molecule has 0 bridgehead atoms. The minimum atomic E-state index is -0.0522. The first-order valence-electron chi connectivity index (χ1n) is 9.61. The van der Waals surface area contributed by atoms with E-state index < -0.39 is 0 Å². The third-order valence-corrected chi connectivity index (χ3v) is 5.43. The van der Waals surface area contributed by atoms with Gasteiger partial charge in [0.1, 0.15) is 11.5 Å². The highest BCUT2D eigenvalue weighted by atomic mass is 16.2. The first-order valence-corrected chi connectivity index (χ1v) is 9.61. The molecule has 0 radical (unpaired) electrons. The Morgan fingerprint density at radius 2 is 2.00 bits per heavy atom. The Hall–Kier alpha value is -3.22. The number of aromatic nitrogens is 5. The van der Waals surface area contributed by atoms with Crippen molar-refractivity contribution < 1.29 is 4.79 Å². The van der Waals surface area contributed by atoms with Gasteiger partial charge in [0.2, 0.25) is 0 Å². The first-order chi connectivity index (χ1) is 13.5. The molecule has 3 aromatic heterocycles. The molecule has 1 amide bonds. The van der Waals surface area contributed by atoms with Gasteiger partial charge in [-0.15, -0.1) is 0 Å². The number of carbonyl (C=O) groups excluding carboxylic acids is 1. The number of hydrogen-bond acceptors (Lipinski definition) is 4. The second-order valence-corrected chi connectivity index (χ2v) is 7.64. The number of benzene rings is 1. The number of rotatable bonds is 2. The van der Waals surface area contributed by atoms with Crippen molar-refractivity contribution in [3.63, 3.8) is 0 Å². The lowest BCUT2D eigenvalue weighted by atomic mass is 10.2. The summed E-state index contributed by atoms with van der Waals surface area (Å²) < 4.78 is 1.77. The van der Waals surface area contributed by atoms with Crippen molar-refractivity contribution in [3.05, 3.63) is 58.8 Å². The maximum Gasteiger partial charge on any atom is 0.273 e. The summed E-state index contributed by atoms with van der Waals surface area (Å²) in [4.78, 5) is 27.9. The Bertz CT molecular complexity index is 1220. The molecule has 1 aromatic carbocycles. The predicted molar refractivity (Wildman–Crippen MR) is 106 cm³/mol. The van der Waals surface area contributed by atoms with Gasteiger partial charge in [-0.25, -0.2) is 14.5 Å². The Morgan fingerprint density at radius 1 is 1.14 bits per heavy atom. The number of hydrogen-bond donors (Lipinski definition) is 1. The highest BCUT2D eigenvalue weighted by molar-refractivity contribution is 5.93. The van der Waals surface area contributed by atoms with Gasteiger partial charge in [0.25, 0.3) is 5.91 Å². The number of aromatic amines is 1. The van der Waals surface area contributed by atoms with Crippen LogP contribution in [0.3, 0.4) is 0 Å². The van der Waals surface area contributed by atoms with E-state index in [1.54, 1.807) is 4.52 Å². The van der Waals surface area contributed by atoms with Crippen molar-refractivity contribution >= 4 is 22.6 Å². The van der Waals surface area contributed by atoms with Crippen LogP contribution in [0.1, 0.15) is 52.1 Å². The Labute approximate surface area is 162 Å². The molecule has 4 aromatic rings. The van der Waals surface area contributed by atoms with E-state index in [4.69, 9.17) is 4.98 Å². The van der Waals surface area contributed by atoms with Crippen molar-refractivity contribution in [2.75, 3.05) is 6.54 Å². The van der Waals surface area contributed by atoms with E-state index in [1.165, 1.54) is 5.56 Å². The minimum Gasteiger partial charge on any atom is -0.340 e. The van der Waals surface area contributed by atoms with E-state index in [0.29, 0.717) is 17.9 Å². The first kappa shape index (κ1) is 16.9. The van der Waals surface area contributed by atoms with Crippen LogP contribution in [-0.2, 0) is 0 Å². The summed E-state index contributed by atoms with van der Waals surface area (Å²) >= 11 is 0. The third-order valence-electron chi connectivity index (χ3n) is 5.43. The summed E-state index contributed by atoms with van der Waals surface area (Å²) in [5, 5.41) is 4.42. The summed E-state index contributed by atoms with van der Waals surface area (Å²) in [5.74, 6) is 0.799. The van der Waals surface area contributed by atoms with E-state index in [2.05, 4.69) is 34.1 Å². The molecule has 1 saturated heterocycles. The molecule has 0 saturated carbocycles. The average molecular weight is 374 g/mol. The number of amides is 1. The number of fused-ring (bicyclic) bond motifs is 2. The van der Waals surface area contributed by atoms with E-state index in [-0.39, 0.29) is 11.9 Å². The highest BCUT2D eigenvalue weighted by Gasteiger charge is 2.33. The van der Waals surface area contributed by atoms with Gasteiger partial charge in [-0.2, -0.15) is 5.10 Å². The van der Waals surface area contributed by atoms with Crippen molar-refractivity contribution in [1.82, 2.24) is 29.5 Å². The van der Waals surface area contributed by atoms with E-state index in [1.807, 2.05) is 36.9 Å². The van der Waals surface area contributed by atoms with Crippen molar-refractivity contribution in [3.8, 4) is 0 Å². The molecular formula is C21H22N6O. The fourth-order valence-corrected chi connectivity index (χ4v) is 4.09. The Balaban J connectivity index is 1.51. The SMILES string of the molecule is Cc1ccc2nc(C3CCCN3C(=O)c3cc(C)n4nc(C)cc4n3)[nH]c2c1. The molecule has 1 unspecified atom stereocenters. The monoisotopic (exact) mass is 374 g/mol. The van der Waals surface area contributed by atoms with Crippen LogP contribution in [0.25, 0.3) is 16.7 Å². The van der Waals surface area contributed by atoms with Crippen molar-refractivity contribution in [2.45, 2.75) is 39.7 Å². The van der Waals surface area contributed by atoms with Crippen LogP contribution in [-0.4, -0.2) is 41.9 Å². The molecule has 1 atom stereocenters. The maximum atomic E-state index is 13.3. The number of imidazole rings is 1. The number of likely N-dealkylation sites (tertiary alicyclic amines) is 1. The highest BCUT2D eigenvalue weighted by Crippen LogP contribution is 2.32. The van der Waals surface area contributed by atoms with Crippen molar-refractivity contribution in [1.29, 1.82) is 0 Å². The van der Waals surface area contributed by atoms with Gasteiger partial charge in [-0.1, -0.05) is 6.07 Å². The van der Waals surface area contributed by atoms with Gasteiger partial charge in [0.15, 0.2) is 5.65 Å². The zero-order valence-corrected chi connectivity index (χ0v) is 16.2. The van der Waals surface area contributed by atoms with Gasteiger partial charge in [-0.05, 0) is 57.4 Å². The molecule has 4 heterocycles. The maximum absolute atomic E-state index is 13.3. The lowest BCUT2D eigenvalue weighted by Crippen LogP contribution is -2.32. The largest absolute Gasteiger partial charge is 0.340 e. The van der Waals surface area contributed by atoms with Crippen LogP contribution < -0.4 is 0 Å². The fraction of sp³-hybridized carbons (Fsp3) is 0.333. The number of aryl methyl sites for hydroxylation is 3. The predicted octanol–water partition coefficient (Wildman–Crippen LogP) is 3.51. The molecule has 5 rings (SSSR count). The zero-order valence-electron chi connectivity index (χ0n) is 16.2. The molecule has 1 N–H and O–H groups in total. The Morgan fingerprint density at radius 3 is 2.86 bits per heavy atom. The third kappa shape index (κ3) is 2.66. The van der Waals surface area contributed by atoms with Crippen molar-refractivity contribution in [2.24, 2.45) is 0 Å². The summed E-state index contributed by atoms with van der Waals surface area (Å²) in [6, 6.07) is 9.83. The second-order valence-electron chi connectivity index (χ2n) is 7.64. The molecule has 0 spiro atoms. The molecule has 28 heavy (non-hydrogen) atoms. The summed E-state index contributed by atoms with van der Waals surface area (Å²) in [6.45, 7) is 6.65. The number of H-pyrrole nitrogens is 1. The number of nitrogens with zero attached hydrogens (tertiary/aromatic N) is 5. The molecule has 0 aliphatic carbocycles. The normalized spacial score (nSPS) is 17.1. The summed E-state index contributed by atoms with van der Waals surface area (Å²) in [5.41, 5.74) is 6.09. The molecule has 1 aliphatic rings. The smallest absolute Gasteiger partial charge is 0.273 e. The van der Waals surface area contributed by atoms with Crippen LogP contribution in [0.4, 0.5) is 0 Å². The molecule has 142 valence electrons. The summed E-state index contributed by atoms with van der Waals surface area (Å²) in [6.07, 6.45) is 1.86. The van der Waals surface area contributed by atoms with Gasteiger partial charge in [0, 0.05) is 18.3 Å². The number of nitrogens with one attached hydrogen (secondary N) is 1. The molecule has 1 aliphatic heterocycles. The van der Waals surface area contributed by atoms with E-state index in [9.17, 15) is 4.79 Å². The average Bonchev–Trinajstić information content (AvgIpc) is 3.37. The number of carbonyl (C=O) groups is 1. The van der Waals surface area contributed by atoms with Crippen LogP contribution in [0.15, 0.2) is 30.3 Å². The molecule has 1 fully saturated rings. The quantitative estimate of drug-likeness (QED) is 0.582. The van der Waals surface area contributed by atoms with Gasteiger partial charge < -0.3 is 9.88 Å². The van der Waals surface area contributed by atoms with Crippen LogP contribution >= 0.6 is 0 Å². The topological polar surface area (TPSA) is 79.2 Å². The zero-order chi connectivity index (χ0) is 19.4. The molecule has 7 nitrogen and oxygen atoms in total. The lowest BCUT2D eigenvalue weighted by Gasteiger charge is -2.23. The Kier molecular flexibility index (Phi) is 3.72. The van der Waals surface area contributed by atoms with E-state index >= 15 is 0 Å². The van der Waals surface area contributed by atoms with Crippen LogP contribution in [0.5, 0.6) is 0 Å². The summed E-state index contributed by atoms with van der Waals surface area (Å²) in [7, 11) is 0. The molecular weight excluding hydrogens is 352 g/mol. The van der Waals surface area contributed by atoms with E-state index in [0.717, 1.165) is 41.1 Å². The van der Waals surface area contributed by atoms with Crippen LogP contribution in [0.2, 0.25) is 0 Å². The van der Waals surface area contributed by atoms with Gasteiger partial charge >= 0.3 is 0 Å². The van der Waals surface area contributed by atoms with Gasteiger partial charge in [-0.3, -0.25) is 4.79 Å². The minimum absolute atomic E-state index is 0.0508. The molecule has 7 heteroatoms. The lowest BCUT2D eigenvalue weighted by molar-refractivity contribution is 0.0724. The van der Waals surface area contributed by atoms with Gasteiger partial charge in [0.05, 0.1) is 22.8 Å². The fourth-order valence-electron chi connectivity index (χ4n) is 4.09. The van der Waals surface area contributed by atoms with Crippen LogP contribution in [0, 0.1) is 20.8 Å².